The minimum Gasteiger partial charge on any atom is -0.398 e. The van der Waals surface area contributed by atoms with Gasteiger partial charge in [-0.05, 0) is 25.0 Å². The summed E-state index contributed by atoms with van der Waals surface area (Å²) in [6.07, 6.45) is 2.60. The zero-order valence-corrected chi connectivity index (χ0v) is 8.16. The summed E-state index contributed by atoms with van der Waals surface area (Å²) in [4.78, 5) is 1.06. The Morgan fingerprint density at radius 2 is 2.17 bits per heavy atom. The summed E-state index contributed by atoms with van der Waals surface area (Å²) in [6, 6.07) is 5.67. The maximum Gasteiger partial charge on any atom is 0.0562 e. The first-order valence-electron chi connectivity index (χ1n) is 3.98. The number of nitrogens with two attached hydrogens (primary N) is 1. The van der Waals surface area contributed by atoms with Crippen LogP contribution in [0.25, 0.3) is 0 Å². The van der Waals surface area contributed by atoms with E-state index in [2.05, 4.69) is 0 Å². The zero-order chi connectivity index (χ0) is 8.55. The van der Waals surface area contributed by atoms with E-state index in [1.165, 1.54) is 12.8 Å². The largest absolute Gasteiger partial charge is 0.398 e. The molecule has 0 aliphatic heterocycles. The Balaban J connectivity index is 2.26. The van der Waals surface area contributed by atoms with E-state index < -0.39 is 0 Å². The highest BCUT2D eigenvalue weighted by Gasteiger charge is 2.24. The Morgan fingerprint density at radius 3 is 2.75 bits per heavy atom. The summed E-state index contributed by atoms with van der Waals surface area (Å²) in [7, 11) is 0. The first kappa shape index (κ1) is 8.27. The lowest BCUT2D eigenvalue weighted by Gasteiger charge is -2.05. The van der Waals surface area contributed by atoms with Gasteiger partial charge in [-0.15, -0.1) is 11.8 Å². The van der Waals surface area contributed by atoms with Crippen molar-refractivity contribution in [2.75, 3.05) is 5.73 Å². The van der Waals surface area contributed by atoms with Gasteiger partial charge in [0.2, 0.25) is 0 Å². The van der Waals surface area contributed by atoms with Crippen molar-refractivity contribution in [3.05, 3.63) is 23.2 Å². The molecule has 0 radical (unpaired) electrons. The predicted octanol–water partition coefficient (Wildman–Crippen LogP) is 3.18. The van der Waals surface area contributed by atoms with Crippen molar-refractivity contribution in [3.63, 3.8) is 0 Å². The van der Waals surface area contributed by atoms with Crippen molar-refractivity contribution in [3.8, 4) is 0 Å². The van der Waals surface area contributed by atoms with Crippen LogP contribution in [-0.2, 0) is 0 Å². The molecule has 0 unspecified atom stereocenters. The number of halogens is 1. The van der Waals surface area contributed by atoms with E-state index in [-0.39, 0.29) is 0 Å². The average Bonchev–Trinajstić information content (AvgIpc) is 2.80. The molecule has 0 aromatic heterocycles. The average molecular weight is 200 g/mol. The van der Waals surface area contributed by atoms with Crippen LogP contribution < -0.4 is 5.73 Å². The molecule has 1 saturated carbocycles. The van der Waals surface area contributed by atoms with Crippen LogP contribution in [0.1, 0.15) is 12.8 Å². The van der Waals surface area contributed by atoms with Crippen molar-refractivity contribution < 1.29 is 0 Å². The molecule has 1 nitrogen and oxygen atoms in total. The normalized spacial score (nSPS) is 16.4. The fourth-order valence-electron chi connectivity index (χ4n) is 1.00. The van der Waals surface area contributed by atoms with Crippen LogP contribution in [0.5, 0.6) is 0 Å². The molecule has 0 heterocycles. The summed E-state index contributed by atoms with van der Waals surface area (Å²) in [5, 5.41) is 1.54. The standard InChI is InChI=1S/C9H10ClNS/c10-7-2-1-3-8(11)9(7)12-6-4-5-6/h1-3,6H,4-5,11H2. The first-order valence-corrected chi connectivity index (χ1v) is 5.24. The van der Waals surface area contributed by atoms with Gasteiger partial charge < -0.3 is 5.73 Å². The second-order valence-electron chi connectivity index (χ2n) is 2.98. The summed E-state index contributed by atoms with van der Waals surface area (Å²) in [5.74, 6) is 0. The van der Waals surface area contributed by atoms with Crippen molar-refractivity contribution in [1.82, 2.24) is 0 Å². The zero-order valence-electron chi connectivity index (χ0n) is 6.59. The molecule has 1 aliphatic carbocycles. The lowest BCUT2D eigenvalue weighted by atomic mass is 10.3. The molecule has 2 N–H and O–H groups in total. The molecular weight excluding hydrogens is 190 g/mol. The lowest BCUT2D eigenvalue weighted by molar-refractivity contribution is 1.42. The summed E-state index contributed by atoms with van der Waals surface area (Å²) < 4.78 is 0. The third-order valence-corrected chi connectivity index (χ3v) is 3.73. The van der Waals surface area contributed by atoms with Gasteiger partial charge >= 0.3 is 0 Å². The highest BCUT2D eigenvalue weighted by molar-refractivity contribution is 8.00. The number of hydrogen-bond donors (Lipinski definition) is 1. The maximum atomic E-state index is 6.00. The summed E-state index contributed by atoms with van der Waals surface area (Å²) >= 11 is 7.81. The van der Waals surface area contributed by atoms with E-state index in [1.807, 2.05) is 18.2 Å². The van der Waals surface area contributed by atoms with Crippen LogP contribution in [0.3, 0.4) is 0 Å². The molecule has 0 amide bonds. The molecule has 2 rings (SSSR count). The smallest absolute Gasteiger partial charge is 0.0562 e. The van der Waals surface area contributed by atoms with Gasteiger partial charge in [0.25, 0.3) is 0 Å². The molecule has 1 aromatic rings. The Hall–Kier alpha value is -0.340. The predicted molar refractivity (Wildman–Crippen MR) is 54.7 cm³/mol. The van der Waals surface area contributed by atoms with Gasteiger partial charge in [-0.3, -0.25) is 0 Å². The molecule has 12 heavy (non-hydrogen) atoms. The van der Waals surface area contributed by atoms with Crippen molar-refractivity contribution >= 4 is 29.1 Å². The lowest BCUT2D eigenvalue weighted by Crippen LogP contribution is -1.89. The number of rotatable bonds is 2. The van der Waals surface area contributed by atoms with E-state index in [0.29, 0.717) is 0 Å². The number of benzene rings is 1. The third kappa shape index (κ3) is 1.70. The molecule has 1 aliphatic rings. The van der Waals surface area contributed by atoms with Gasteiger partial charge in [0, 0.05) is 15.8 Å². The minimum absolute atomic E-state index is 0.757. The van der Waals surface area contributed by atoms with Crippen LogP contribution >= 0.6 is 23.4 Å². The van der Waals surface area contributed by atoms with Crippen LogP contribution in [0, 0.1) is 0 Å². The number of nitrogen functional groups attached to an aromatic ring is 1. The Morgan fingerprint density at radius 1 is 1.42 bits per heavy atom. The monoisotopic (exact) mass is 199 g/mol. The highest BCUT2D eigenvalue weighted by atomic mass is 35.5. The highest BCUT2D eigenvalue weighted by Crippen LogP contribution is 2.44. The molecule has 1 fully saturated rings. The van der Waals surface area contributed by atoms with E-state index in [1.54, 1.807) is 11.8 Å². The summed E-state index contributed by atoms with van der Waals surface area (Å²) in [6.45, 7) is 0. The van der Waals surface area contributed by atoms with E-state index in [4.69, 9.17) is 17.3 Å². The minimum atomic E-state index is 0.757. The van der Waals surface area contributed by atoms with Crippen LogP contribution in [0.15, 0.2) is 23.1 Å². The van der Waals surface area contributed by atoms with E-state index in [9.17, 15) is 0 Å². The van der Waals surface area contributed by atoms with Gasteiger partial charge in [0.05, 0.1) is 5.02 Å². The van der Waals surface area contributed by atoms with Crippen LogP contribution in [0.2, 0.25) is 5.02 Å². The molecule has 3 heteroatoms. The number of anilines is 1. The number of thioether (sulfide) groups is 1. The fourth-order valence-corrected chi connectivity index (χ4v) is 2.41. The first-order chi connectivity index (χ1) is 5.77. The Bertz CT molecular complexity index is 276. The second-order valence-corrected chi connectivity index (χ2v) is 4.69. The van der Waals surface area contributed by atoms with Gasteiger partial charge in [-0.2, -0.15) is 0 Å². The van der Waals surface area contributed by atoms with E-state index in [0.717, 1.165) is 20.9 Å². The Kier molecular flexibility index (Phi) is 2.20. The van der Waals surface area contributed by atoms with Crippen LogP contribution in [0.4, 0.5) is 5.69 Å². The topological polar surface area (TPSA) is 26.0 Å². The van der Waals surface area contributed by atoms with Gasteiger partial charge in [0.1, 0.15) is 0 Å². The molecule has 1 aromatic carbocycles. The van der Waals surface area contributed by atoms with Gasteiger partial charge in [-0.25, -0.2) is 0 Å². The molecule has 0 spiro atoms. The molecular formula is C9H10ClNS. The molecule has 0 bridgehead atoms. The molecule has 64 valence electrons. The van der Waals surface area contributed by atoms with Gasteiger partial charge in [0.15, 0.2) is 0 Å². The fraction of sp³-hybridized carbons (Fsp3) is 0.333. The van der Waals surface area contributed by atoms with E-state index >= 15 is 0 Å². The quantitative estimate of drug-likeness (QED) is 0.741. The SMILES string of the molecule is Nc1cccc(Cl)c1SC1CC1. The third-order valence-electron chi connectivity index (χ3n) is 1.81. The van der Waals surface area contributed by atoms with Gasteiger partial charge in [-0.1, -0.05) is 17.7 Å². The van der Waals surface area contributed by atoms with Crippen molar-refractivity contribution in [2.45, 2.75) is 23.0 Å². The van der Waals surface area contributed by atoms with Crippen molar-refractivity contribution in [2.24, 2.45) is 0 Å². The van der Waals surface area contributed by atoms with Crippen molar-refractivity contribution in [1.29, 1.82) is 0 Å². The maximum absolute atomic E-state index is 6.00. The second kappa shape index (κ2) is 3.19. The Labute approximate surface area is 81.3 Å². The number of hydrogen-bond acceptors (Lipinski definition) is 2. The molecule has 0 atom stereocenters. The molecule has 0 saturated heterocycles. The summed E-state index contributed by atoms with van der Waals surface area (Å²) in [5.41, 5.74) is 6.60. The van der Waals surface area contributed by atoms with Crippen LogP contribution in [-0.4, -0.2) is 5.25 Å².